The van der Waals surface area contributed by atoms with Crippen molar-refractivity contribution in [3.05, 3.63) is 41.2 Å². The van der Waals surface area contributed by atoms with E-state index in [0.29, 0.717) is 17.3 Å². The van der Waals surface area contributed by atoms with E-state index in [1.807, 2.05) is 27.7 Å². The Labute approximate surface area is 113 Å². The predicted octanol–water partition coefficient (Wildman–Crippen LogP) is 3.47. The number of carbonyl (C=O) groups excluding carboxylic acids is 1. The number of rotatable bonds is 3. The first-order valence-electron chi connectivity index (χ1n) is 5.82. The third kappa shape index (κ3) is 3.57. The summed E-state index contributed by atoms with van der Waals surface area (Å²) in [7, 11) is 0. The molecule has 0 bridgehead atoms. The second-order valence-corrected chi connectivity index (χ2v) is 5.58. The van der Waals surface area contributed by atoms with Crippen LogP contribution >= 0.6 is 11.6 Å². The first-order valence-corrected chi connectivity index (χ1v) is 6.20. The van der Waals surface area contributed by atoms with Gasteiger partial charge in [0.05, 0.1) is 0 Å². The molecule has 1 aromatic rings. The molecule has 0 unspecified atom stereocenters. The molecule has 0 aliphatic heterocycles. The maximum Gasteiger partial charge on any atom is 0.254 e. The van der Waals surface area contributed by atoms with Gasteiger partial charge >= 0.3 is 0 Å². The number of carbonyl (C=O) groups is 1. The summed E-state index contributed by atoms with van der Waals surface area (Å²) in [5.41, 5.74) is 1.03. The molecular formula is C14H19ClN2O. The van der Waals surface area contributed by atoms with Crippen LogP contribution in [0, 0.1) is 6.92 Å². The van der Waals surface area contributed by atoms with Crippen LogP contribution in [0.5, 0.6) is 0 Å². The second-order valence-electron chi connectivity index (χ2n) is 5.20. The fourth-order valence-corrected chi connectivity index (χ4v) is 1.95. The zero-order chi connectivity index (χ0) is 13.9. The number of aryl methyl sites for hydroxylation is 1. The van der Waals surface area contributed by atoms with Crippen LogP contribution in [-0.4, -0.2) is 27.9 Å². The van der Waals surface area contributed by atoms with E-state index in [0.717, 1.165) is 5.69 Å². The highest BCUT2D eigenvalue weighted by atomic mass is 35.5. The highest BCUT2D eigenvalue weighted by Crippen LogP contribution is 2.19. The third-order valence-corrected chi connectivity index (χ3v) is 2.73. The monoisotopic (exact) mass is 266 g/mol. The smallest absolute Gasteiger partial charge is 0.254 e. The molecule has 98 valence electrons. The molecule has 0 aliphatic rings. The van der Waals surface area contributed by atoms with Crippen molar-refractivity contribution in [1.29, 1.82) is 0 Å². The number of hydrogen-bond acceptors (Lipinski definition) is 2. The Bertz CT molecular complexity index is 443. The first kappa shape index (κ1) is 14.7. The van der Waals surface area contributed by atoms with Gasteiger partial charge in [0.25, 0.3) is 5.91 Å². The number of pyridine rings is 1. The topological polar surface area (TPSA) is 33.2 Å². The molecule has 1 aromatic heterocycles. The van der Waals surface area contributed by atoms with Crippen LogP contribution in [0.4, 0.5) is 0 Å². The van der Waals surface area contributed by atoms with Gasteiger partial charge in [0.1, 0.15) is 5.15 Å². The van der Waals surface area contributed by atoms with E-state index in [4.69, 9.17) is 11.6 Å². The van der Waals surface area contributed by atoms with Crippen LogP contribution < -0.4 is 0 Å². The number of nitrogens with zero attached hydrogens (tertiary/aromatic N) is 2. The van der Waals surface area contributed by atoms with Gasteiger partial charge in [-0.15, -0.1) is 6.58 Å². The molecule has 0 saturated carbocycles. The summed E-state index contributed by atoms with van der Waals surface area (Å²) >= 11 is 5.89. The van der Waals surface area contributed by atoms with Gasteiger partial charge in [-0.3, -0.25) is 4.79 Å². The molecule has 1 amide bonds. The number of halogens is 1. The SMILES string of the molecule is C=CCN(C(=O)c1cc(C)nc(Cl)c1)C(C)(C)C. The average Bonchev–Trinajstić information content (AvgIpc) is 2.22. The molecule has 0 aromatic carbocycles. The van der Waals surface area contributed by atoms with Crippen molar-refractivity contribution in [2.24, 2.45) is 0 Å². The molecule has 0 atom stereocenters. The van der Waals surface area contributed by atoms with Crippen molar-refractivity contribution in [1.82, 2.24) is 9.88 Å². The lowest BCUT2D eigenvalue weighted by molar-refractivity contribution is 0.0616. The van der Waals surface area contributed by atoms with E-state index in [1.54, 1.807) is 23.1 Å². The zero-order valence-electron chi connectivity index (χ0n) is 11.3. The molecule has 3 nitrogen and oxygen atoms in total. The van der Waals surface area contributed by atoms with Crippen molar-refractivity contribution in [3.63, 3.8) is 0 Å². The Hall–Kier alpha value is -1.35. The number of amides is 1. The van der Waals surface area contributed by atoms with Gasteiger partial charge in [0.15, 0.2) is 0 Å². The van der Waals surface area contributed by atoms with E-state index < -0.39 is 0 Å². The molecule has 0 radical (unpaired) electrons. The molecule has 1 rings (SSSR count). The Kier molecular flexibility index (Phi) is 4.52. The Morgan fingerprint density at radius 3 is 2.56 bits per heavy atom. The van der Waals surface area contributed by atoms with E-state index in [1.165, 1.54) is 0 Å². The number of hydrogen-bond donors (Lipinski definition) is 0. The maximum atomic E-state index is 12.5. The highest BCUT2D eigenvalue weighted by Gasteiger charge is 2.26. The summed E-state index contributed by atoms with van der Waals surface area (Å²) in [6.45, 7) is 12.0. The van der Waals surface area contributed by atoms with Crippen LogP contribution in [0.1, 0.15) is 36.8 Å². The van der Waals surface area contributed by atoms with Crippen molar-refractivity contribution in [2.45, 2.75) is 33.2 Å². The summed E-state index contributed by atoms with van der Waals surface area (Å²) in [5, 5.41) is 0.339. The molecule has 18 heavy (non-hydrogen) atoms. The fraction of sp³-hybridized carbons (Fsp3) is 0.429. The Morgan fingerprint density at radius 2 is 2.11 bits per heavy atom. The molecule has 4 heteroatoms. The van der Waals surface area contributed by atoms with E-state index in [-0.39, 0.29) is 11.4 Å². The van der Waals surface area contributed by atoms with Gasteiger partial charge in [0.2, 0.25) is 0 Å². The molecule has 1 heterocycles. The van der Waals surface area contributed by atoms with E-state index >= 15 is 0 Å². The molecule has 0 spiro atoms. The van der Waals surface area contributed by atoms with Crippen molar-refractivity contribution < 1.29 is 4.79 Å². The molecule has 0 aliphatic carbocycles. The van der Waals surface area contributed by atoms with Crippen LogP contribution in [0.25, 0.3) is 0 Å². The minimum Gasteiger partial charge on any atom is -0.330 e. The normalized spacial score (nSPS) is 11.2. The lowest BCUT2D eigenvalue weighted by Gasteiger charge is -2.35. The largest absolute Gasteiger partial charge is 0.330 e. The highest BCUT2D eigenvalue weighted by molar-refractivity contribution is 6.29. The maximum absolute atomic E-state index is 12.5. The number of aromatic nitrogens is 1. The van der Waals surface area contributed by atoms with Gasteiger partial charge in [-0.05, 0) is 39.8 Å². The lowest BCUT2D eigenvalue weighted by atomic mass is 10.0. The van der Waals surface area contributed by atoms with Crippen LogP contribution in [0.3, 0.4) is 0 Å². The van der Waals surface area contributed by atoms with E-state index in [2.05, 4.69) is 11.6 Å². The van der Waals surface area contributed by atoms with Gasteiger partial charge in [-0.1, -0.05) is 17.7 Å². The van der Waals surface area contributed by atoms with Crippen LogP contribution in [0.15, 0.2) is 24.8 Å². The average molecular weight is 267 g/mol. The minimum absolute atomic E-state index is 0.0604. The fourth-order valence-electron chi connectivity index (χ4n) is 1.70. The molecule has 0 fully saturated rings. The molecular weight excluding hydrogens is 248 g/mol. The molecule has 0 N–H and O–H groups in total. The van der Waals surface area contributed by atoms with Crippen LogP contribution in [-0.2, 0) is 0 Å². The van der Waals surface area contributed by atoms with Gasteiger partial charge in [0, 0.05) is 23.3 Å². The summed E-state index contributed by atoms with van der Waals surface area (Å²) in [6.07, 6.45) is 1.72. The standard InChI is InChI=1S/C14H19ClN2O/c1-6-7-17(14(3,4)5)13(18)11-8-10(2)16-12(15)9-11/h6,8-9H,1,7H2,2-5H3. The van der Waals surface area contributed by atoms with Gasteiger partial charge in [-0.2, -0.15) is 0 Å². The summed E-state index contributed by atoms with van der Waals surface area (Å²) in [6, 6.07) is 3.34. The van der Waals surface area contributed by atoms with Gasteiger partial charge in [-0.25, -0.2) is 4.98 Å². The predicted molar refractivity (Wildman–Crippen MR) is 75.0 cm³/mol. The van der Waals surface area contributed by atoms with Crippen molar-refractivity contribution in [2.75, 3.05) is 6.54 Å². The van der Waals surface area contributed by atoms with Crippen molar-refractivity contribution in [3.8, 4) is 0 Å². The zero-order valence-corrected chi connectivity index (χ0v) is 12.1. The lowest BCUT2D eigenvalue weighted by Crippen LogP contribution is -2.45. The molecule has 0 saturated heterocycles. The Balaban J connectivity index is 3.13. The summed E-state index contributed by atoms with van der Waals surface area (Å²) in [5.74, 6) is -0.0604. The second kappa shape index (κ2) is 5.53. The first-order chi connectivity index (χ1) is 8.25. The Morgan fingerprint density at radius 1 is 1.50 bits per heavy atom. The summed E-state index contributed by atoms with van der Waals surface area (Å²) < 4.78 is 0. The summed E-state index contributed by atoms with van der Waals surface area (Å²) in [4.78, 5) is 18.3. The van der Waals surface area contributed by atoms with Crippen LogP contribution in [0.2, 0.25) is 5.15 Å². The minimum atomic E-state index is -0.269. The van der Waals surface area contributed by atoms with E-state index in [9.17, 15) is 4.79 Å². The quantitative estimate of drug-likeness (QED) is 0.620. The van der Waals surface area contributed by atoms with Crippen molar-refractivity contribution >= 4 is 17.5 Å². The van der Waals surface area contributed by atoms with Gasteiger partial charge < -0.3 is 4.90 Å². The third-order valence-electron chi connectivity index (χ3n) is 2.54.